The van der Waals surface area contributed by atoms with E-state index < -0.39 is 28.1 Å². The number of hydrogen-bond donors (Lipinski definition) is 1. The maximum Gasteiger partial charge on any atom is 0.465 e. The normalized spacial score (nSPS) is 17.3. The highest BCUT2D eigenvalue weighted by Crippen LogP contribution is 2.32. The van der Waals surface area contributed by atoms with Crippen LogP contribution in [0.15, 0.2) is 36.4 Å². The van der Waals surface area contributed by atoms with Crippen LogP contribution in [0.25, 0.3) is 10.8 Å². The Morgan fingerprint density at radius 1 is 1.24 bits per heavy atom. The smallest absolute Gasteiger partial charge is 0.457 e. The molecule has 0 bridgehead atoms. The van der Waals surface area contributed by atoms with Gasteiger partial charge >= 0.3 is 21.3 Å². The fraction of sp³-hybridized carbons (Fsp3) is 0.267. The van der Waals surface area contributed by atoms with Gasteiger partial charge in [-0.2, -0.15) is 17.2 Å². The lowest BCUT2D eigenvalue weighted by Gasteiger charge is -2.13. The van der Waals surface area contributed by atoms with E-state index >= 15 is 0 Å². The first kappa shape index (κ1) is 17.5. The fourth-order valence-electron chi connectivity index (χ4n) is 2.11. The number of hydrogen-bond acceptors (Lipinski definition) is 6. The van der Waals surface area contributed by atoms with Crippen LogP contribution in [0.4, 0.5) is 8.78 Å². The van der Waals surface area contributed by atoms with Gasteiger partial charge < -0.3 is 14.2 Å². The Hall–Kier alpha value is -2.30. The standard InChI is InChI=1S/C15H12F2O7S/c16-15(17,25(19,20)21)14(18)24-8-23-12-4-3-9-5-11(13-7-22-13)2-1-10(9)6-12/h1-6,13H,7-8H2,(H,19,20,21). The monoisotopic (exact) mass is 374 g/mol. The molecule has 1 atom stereocenters. The summed E-state index contributed by atoms with van der Waals surface area (Å²) in [6, 6.07) is 10.5. The van der Waals surface area contributed by atoms with E-state index in [4.69, 9.17) is 14.0 Å². The molecule has 1 aliphatic rings. The van der Waals surface area contributed by atoms with Crippen LogP contribution < -0.4 is 4.74 Å². The minimum Gasteiger partial charge on any atom is -0.457 e. The largest absolute Gasteiger partial charge is 0.465 e. The number of carbonyl (C=O) groups excluding carboxylic acids is 1. The van der Waals surface area contributed by atoms with Gasteiger partial charge in [0.2, 0.25) is 6.79 Å². The first-order valence-corrected chi connectivity index (χ1v) is 8.43. The zero-order valence-electron chi connectivity index (χ0n) is 12.5. The minimum absolute atomic E-state index is 0.115. The molecule has 1 N–H and O–H groups in total. The van der Waals surface area contributed by atoms with Gasteiger partial charge in [-0.05, 0) is 34.5 Å². The second-order valence-electron chi connectivity index (χ2n) is 5.28. The molecule has 0 spiro atoms. The quantitative estimate of drug-likeness (QED) is 0.358. The van der Waals surface area contributed by atoms with Gasteiger partial charge in [-0.15, -0.1) is 0 Å². The molecule has 2 aromatic rings. The van der Waals surface area contributed by atoms with Crippen molar-refractivity contribution < 1.29 is 40.8 Å². The predicted molar refractivity (Wildman–Crippen MR) is 80.7 cm³/mol. The van der Waals surface area contributed by atoms with Crippen molar-refractivity contribution in [3.05, 3.63) is 42.0 Å². The topological polar surface area (TPSA) is 102 Å². The lowest BCUT2D eigenvalue weighted by Crippen LogP contribution is -2.39. The van der Waals surface area contributed by atoms with E-state index in [1.54, 1.807) is 12.1 Å². The Kier molecular flexibility index (Phi) is 4.35. The summed E-state index contributed by atoms with van der Waals surface area (Å²) in [5.41, 5.74) is 1.04. The van der Waals surface area contributed by atoms with Gasteiger partial charge in [0.15, 0.2) is 0 Å². The van der Waals surface area contributed by atoms with Gasteiger partial charge in [0.25, 0.3) is 0 Å². The third kappa shape index (κ3) is 3.70. The van der Waals surface area contributed by atoms with Crippen LogP contribution in [0.5, 0.6) is 5.75 Å². The van der Waals surface area contributed by atoms with E-state index in [1.807, 2.05) is 18.2 Å². The van der Waals surface area contributed by atoms with Crippen molar-refractivity contribution in [2.24, 2.45) is 0 Å². The Morgan fingerprint density at radius 2 is 1.88 bits per heavy atom. The molecule has 25 heavy (non-hydrogen) atoms. The molecule has 1 aliphatic heterocycles. The number of epoxide rings is 1. The van der Waals surface area contributed by atoms with Crippen LogP contribution in [0, 0.1) is 0 Å². The molecule has 3 rings (SSSR count). The lowest BCUT2D eigenvalue weighted by molar-refractivity contribution is -0.168. The molecule has 1 saturated heterocycles. The van der Waals surface area contributed by atoms with Gasteiger partial charge in [-0.3, -0.25) is 4.55 Å². The number of alkyl halides is 2. The number of carbonyl (C=O) groups is 1. The van der Waals surface area contributed by atoms with Crippen molar-refractivity contribution in [3.8, 4) is 5.75 Å². The number of fused-ring (bicyclic) bond motifs is 1. The molecule has 0 radical (unpaired) electrons. The Balaban J connectivity index is 1.63. The summed E-state index contributed by atoms with van der Waals surface area (Å²) in [7, 11) is -5.91. The van der Waals surface area contributed by atoms with Crippen molar-refractivity contribution in [2.45, 2.75) is 11.4 Å². The predicted octanol–water partition coefficient (Wildman–Crippen LogP) is 2.27. The van der Waals surface area contributed by atoms with E-state index in [2.05, 4.69) is 4.74 Å². The molecule has 7 nitrogen and oxygen atoms in total. The summed E-state index contributed by atoms with van der Waals surface area (Å²) >= 11 is 0. The van der Waals surface area contributed by atoms with Gasteiger partial charge in [-0.25, -0.2) is 4.79 Å². The number of rotatable bonds is 6. The molecule has 1 fully saturated rings. The van der Waals surface area contributed by atoms with Crippen LogP contribution in [-0.4, -0.2) is 37.6 Å². The average molecular weight is 374 g/mol. The lowest BCUT2D eigenvalue weighted by atomic mass is 10.1. The summed E-state index contributed by atoms with van der Waals surface area (Å²) in [6.07, 6.45) is 0.115. The average Bonchev–Trinajstić information content (AvgIpc) is 3.38. The van der Waals surface area contributed by atoms with Crippen LogP contribution in [0.1, 0.15) is 11.7 Å². The van der Waals surface area contributed by atoms with Crippen LogP contribution in [0.2, 0.25) is 0 Å². The minimum atomic E-state index is -5.91. The fourth-order valence-corrected chi connectivity index (χ4v) is 2.38. The van der Waals surface area contributed by atoms with E-state index in [0.29, 0.717) is 6.61 Å². The van der Waals surface area contributed by atoms with E-state index in [-0.39, 0.29) is 11.9 Å². The molecular formula is C15H12F2O7S. The second-order valence-corrected chi connectivity index (χ2v) is 6.74. The van der Waals surface area contributed by atoms with Crippen molar-refractivity contribution >= 4 is 26.9 Å². The van der Waals surface area contributed by atoms with E-state index in [0.717, 1.165) is 16.3 Å². The van der Waals surface area contributed by atoms with Gasteiger partial charge in [-0.1, -0.05) is 18.2 Å². The first-order chi connectivity index (χ1) is 11.7. The summed E-state index contributed by atoms with van der Waals surface area (Å²) in [5, 5.41) is -3.34. The summed E-state index contributed by atoms with van der Waals surface area (Å²) in [6.45, 7) is -0.254. The van der Waals surface area contributed by atoms with Crippen molar-refractivity contribution in [1.82, 2.24) is 0 Å². The SMILES string of the molecule is O=C(OCOc1ccc2cc(C3CO3)ccc2c1)C(F)(F)S(=O)(=O)O. The highest BCUT2D eigenvalue weighted by atomic mass is 32.2. The van der Waals surface area contributed by atoms with Crippen molar-refractivity contribution in [2.75, 3.05) is 13.4 Å². The Labute approximate surface area is 140 Å². The molecular weight excluding hydrogens is 362 g/mol. The van der Waals surface area contributed by atoms with E-state index in [9.17, 15) is 22.0 Å². The van der Waals surface area contributed by atoms with Crippen LogP contribution in [0.3, 0.4) is 0 Å². The molecule has 1 heterocycles. The van der Waals surface area contributed by atoms with Gasteiger partial charge in [0.05, 0.1) is 6.61 Å². The number of esters is 1. The number of benzene rings is 2. The Bertz CT molecular complexity index is 923. The van der Waals surface area contributed by atoms with Crippen molar-refractivity contribution in [1.29, 1.82) is 0 Å². The van der Waals surface area contributed by atoms with Crippen molar-refractivity contribution in [3.63, 3.8) is 0 Å². The molecule has 2 aromatic carbocycles. The molecule has 0 aromatic heterocycles. The highest BCUT2D eigenvalue weighted by Gasteiger charge is 2.54. The zero-order valence-corrected chi connectivity index (χ0v) is 13.3. The maximum atomic E-state index is 13.0. The maximum absolute atomic E-state index is 13.0. The summed E-state index contributed by atoms with van der Waals surface area (Å²) < 4.78 is 69.3. The zero-order chi connectivity index (χ0) is 18.2. The van der Waals surface area contributed by atoms with Gasteiger partial charge in [0, 0.05) is 0 Å². The first-order valence-electron chi connectivity index (χ1n) is 6.99. The Morgan fingerprint density at radius 3 is 2.52 bits per heavy atom. The third-order valence-corrected chi connectivity index (χ3v) is 4.33. The number of ether oxygens (including phenoxy) is 3. The molecule has 0 saturated carbocycles. The molecule has 134 valence electrons. The summed E-state index contributed by atoms with van der Waals surface area (Å²) in [5.74, 6) is -2.20. The second kappa shape index (κ2) is 6.21. The van der Waals surface area contributed by atoms with Crippen LogP contribution >= 0.6 is 0 Å². The molecule has 0 amide bonds. The highest BCUT2D eigenvalue weighted by molar-refractivity contribution is 7.87. The third-order valence-electron chi connectivity index (χ3n) is 3.52. The van der Waals surface area contributed by atoms with Crippen LogP contribution in [-0.2, 0) is 24.4 Å². The van der Waals surface area contributed by atoms with E-state index in [1.165, 1.54) is 6.07 Å². The molecule has 1 unspecified atom stereocenters. The summed E-state index contributed by atoms with van der Waals surface area (Å²) in [4.78, 5) is 11.0. The molecule has 10 heteroatoms. The number of halogens is 2. The molecule has 0 aliphatic carbocycles. The van der Waals surface area contributed by atoms with Gasteiger partial charge in [0.1, 0.15) is 11.9 Å².